The van der Waals surface area contributed by atoms with Crippen LogP contribution in [0.5, 0.6) is 0 Å². The molecule has 34 heavy (non-hydrogen) atoms. The third kappa shape index (κ3) is 5.07. The van der Waals surface area contributed by atoms with Crippen molar-refractivity contribution in [1.82, 2.24) is 4.90 Å². The van der Waals surface area contributed by atoms with Gasteiger partial charge in [-0.15, -0.1) is 0 Å². The molecule has 0 atom stereocenters. The van der Waals surface area contributed by atoms with Crippen molar-refractivity contribution in [3.05, 3.63) is 89.7 Å². The van der Waals surface area contributed by atoms with Gasteiger partial charge in [0.05, 0.1) is 10.6 Å². The molecule has 178 valence electrons. The van der Waals surface area contributed by atoms with Crippen molar-refractivity contribution in [3.63, 3.8) is 0 Å². The number of carbonyl (C=O) groups is 1. The summed E-state index contributed by atoms with van der Waals surface area (Å²) in [4.78, 5) is 17.2. The molecule has 8 heteroatoms. The molecule has 1 fully saturated rings. The summed E-state index contributed by atoms with van der Waals surface area (Å²) in [5, 5.41) is 0. The van der Waals surface area contributed by atoms with Crippen LogP contribution in [0, 0.1) is 19.7 Å². The summed E-state index contributed by atoms with van der Waals surface area (Å²) in [5.74, 6) is -0.540. The Morgan fingerprint density at radius 2 is 1.50 bits per heavy atom. The first kappa shape index (κ1) is 23.8. The van der Waals surface area contributed by atoms with Crippen LogP contribution in [-0.2, 0) is 14.8 Å². The number of nitrogens with zero attached hydrogens (tertiary/aromatic N) is 3. The van der Waals surface area contributed by atoms with E-state index in [1.807, 2.05) is 26.0 Å². The van der Waals surface area contributed by atoms with Crippen LogP contribution in [0.25, 0.3) is 0 Å². The quantitative estimate of drug-likeness (QED) is 0.534. The molecule has 4 rings (SSSR count). The van der Waals surface area contributed by atoms with Crippen LogP contribution >= 0.6 is 0 Å². The number of rotatable bonds is 6. The van der Waals surface area contributed by atoms with Gasteiger partial charge in [0.1, 0.15) is 12.4 Å². The SMILES string of the molecule is Cc1ccc(S(=O)(=O)N(CC(=O)N2CCN(c3ccc(F)cc3)CC2)c2ccccc2C)cc1. The van der Waals surface area contributed by atoms with Crippen LogP contribution < -0.4 is 9.21 Å². The molecule has 0 N–H and O–H groups in total. The van der Waals surface area contributed by atoms with Crippen LogP contribution in [-0.4, -0.2) is 51.9 Å². The molecular formula is C26H28FN3O3S. The highest BCUT2D eigenvalue weighted by molar-refractivity contribution is 7.92. The van der Waals surface area contributed by atoms with E-state index in [0.29, 0.717) is 31.9 Å². The maximum absolute atomic E-state index is 13.6. The minimum absolute atomic E-state index is 0.148. The predicted molar refractivity (Wildman–Crippen MR) is 132 cm³/mol. The van der Waals surface area contributed by atoms with E-state index in [1.54, 1.807) is 53.4 Å². The Balaban J connectivity index is 1.54. The molecule has 1 heterocycles. The van der Waals surface area contributed by atoms with Crippen LogP contribution in [0.3, 0.4) is 0 Å². The van der Waals surface area contributed by atoms with Gasteiger partial charge in [0.2, 0.25) is 5.91 Å². The number of benzene rings is 3. The van der Waals surface area contributed by atoms with Crippen molar-refractivity contribution < 1.29 is 17.6 Å². The Morgan fingerprint density at radius 1 is 0.882 bits per heavy atom. The third-order valence-corrected chi connectivity index (χ3v) is 7.87. The Morgan fingerprint density at radius 3 is 2.12 bits per heavy atom. The smallest absolute Gasteiger partial charge is 0.264 e. The second-order valence-corrected chi connectivity index (χ2v) is 10.3. The number of hydrogen-bond donors (Lipinski definition) is 0. The number of sulfonamides is 1. The van der Waals surface area contributed by atoms with Gasteiger partial charge in [-0.3, -0.25) is 9.10 Å². The van der Waals surface area contributed by atoms with Gasteiger partial charge >= 0.3 is 0 Å². The zero-order chi connectivity index (χ0) is 24.3. The van der Waals surface area contributed by atoms with Crippen molar-refractivity contribution in [2.45, 2.75) is 18.7 Å². The third-order valence-electron chi connectivity index (χ3n) is 6.10. The lowest BCUT2D eigenvalue weighted by molar-refractivity contribution is -0.129. The summed E-state index contributed by atoms with van der Waals surface area (Å²) in [5.41, 5.74) is 3.11. The van der Waals surface area contributed by atoms with Gasteiger partial charge in [-0.2, -0.15) is 0 Å². The topological polar surface area (TPSA) is 60.9 Å². The van der Waals surface area contributed by atoms with Crippen molar-refractivity contribution in [2.24, 2.45) is 0 Å². The molecule has 0 aliphatic carbocycles. The number of aryl methyl sites for hydroxylation is 2. The molecule has 1 aliphatic rings. The molecule has 0 unspecified atom stereocenters. The summed E-state index contributed by atoms with van der Waals surface area (Å²) in [7, 11) is -3.95. The number of halogens is 1. The molecule has 0 bridgehead atoms. The first-order valence-electron chi connectivity index (χ1n) is 11.2. The maximum atomic E-state index is 13.6. The highest BCUT2D eigenvalue weighted by atomic mass is 32.2. The fourth-order valence-electron chi connectivity index (χ4n) is 4.07. The van der Waals surface area contributed by atoms with Crippen molar-refractivity contribution in [2.75, 3.05) is 41.9 Å². The number of para-hydroxylation sites is 1. The first-order valence-corrected chi connectivity index (χ1v) is 12.6. The Hall–Kier alpha value is -3.39. The fourth-order valence-corrected chi connectivity index (χ4v) is 5.55. The van der Waals surface area contributed by atoms with Crippen LogP contribution in [0.4, 0.5) is 15.8 Å². The molecular weight excluding hydrogens is 453 g/mol. The second kappa shape index (κ2) is 9.85. The minimum Gasteiger partial charge on any atom is -0.368 e. The van der Waals surface area contributed by atoms with Crippen LogP contribution in [0.2, 0.25) is 0 Å². The van der Waals surface area contributed by atoms with E-state index in [4.69, 9.17) is 0 Å². The molecule has 1 amide bonds. The van der Waals surface area contributed by atoms with Gasteiger partial charge in [0, 0.05) is 31.9 Å². The monoisotopic (exact) mass is 481 g/mol. The average molecular weight is 482 g/mol. The predicted octanol–water partition coefficient (Wildman–Crippen LogP) is 3.99. The van der Waals surface area contributed by atoms with Gasteiger partial charge in [-0.25, -0.2) is 12.8 Å². The summed E-state index contributed by atoms with van der Waals surface area (Å²) in [6.07, 6.45) is 0. The van der Waals surface area contributed by atoms with E-state index in [9.17, 15) is 17.6 Å². The molecule has 0 radical (unpaired) electrons. The summed E-state index contributed by atoms with van der Waals surface area (Å²) < 4.78 is 41.6. The Labute approximate surface area is 200 Å². The zero-order valence-electron chi connectivity index (χ0n) is 19.3. The van der Waals surface area contributed by atoms with Crippen molar-refractivity contribution >= 4 is 27.3 Å². The van der Waals surface area contributed by atoms with Crippen LogP contribution in [0.15, 0.2) is 77.7 Å². The van der Waals surface area contributed by atoms with Crippen LogP contribution in [0.1, 0.15) is 11.1 Å². The molecule has 0 aromatic heterocycles. The Kier molecular flexibility index (Phi) is 6.88. The normalized spacial score (nSPS) is 14.2. The highest BCUT2D eigenvalue weighted by Gasteiger charge is 2.31. The molecule has 0 saturated carbocycles. The van der Waals surface area contributed by atoms with E-state index in [2.05, 4.69) is 4.90 Å². The second-order valence-electron chi connectivity index (χ2n) is 8.46. The molecule has 0 spiro atoms. The standard InChI is InChI=1S/C26H28FN3O3S/c1-20-7-13-24(14-8-20)34(32,33)30(25-6-4-3-5-21(25)2)19-26(31)29-17-15-28(16-18-29)23-11-9-22(27)10-12-23/h3-14H,15-19H2,1-2H3. The number of amides is 1. The lowest BCUT2D eigenvalue weighted by Gasteiger charge is -2.37. The van der Waals surface area contributed by atoms with Crippen molar-refractivity contribution in [1.29, 1.82) is 0 Å². The number of hydrogen-bond acceptors (Lipinski definition) is 4. The van der Waals surface area contributed by atoms with Gasteiger partial charge in [0.15, 0.2) is 0 Å². The fraction of sp³-hybridized carbons (Fsp3) is 0.269. The van der Waals surface area contributed by atoms with Crippen molar-refractivity contribution in [3.8, 4) is 0 Å². The molecule has 1 aliphatic heterocycles. The molecule has 3 aromatic carbocycles. The van der Waals surface area contributed by atoms with Gasteiger partial charge in [-0.1, -0.05) is 35.9 Å². The molecule has 3 aromatic rings. The van der Waals surface area contributed by atoms with E-state index >= 15 is 0 Å². The van der Waals surface area contributed by atoms with E-state index in [1.165, 1.54) is 16.4 Å². The van der Waals surface area contributed by atoms with E-state index < -0.39 is 10.0 Å². The Bertz CT molecular complexity index is 1250. The summed E-state index contributed by atoms with van der Waals surface area (Å²) >= 11 is 0. The lowest BCUT2D eigenvalue weighted by Crippen LogP contribution is -2.52. The minimum atomic E-state index is -3.95. The average Bonchev–Trinajstić information content (AvgIpc) is 2.84. The zero-order valence-corrected chi connectivity index (χ0v) is 20.1. The lowest BCUT2D eigenvalue weighted by atomic mass is 10.2. The molecule has 6 nitrogen and oxygen atoms in total. The number of anilines is 2. The largest absolute Gasteiger partial charge is 0.368 e. The van der Waals surface area contributed by atoms with E-state index in [-0.39, 0.29) is 23.2 Å². The van der Waals surface area contributed by atoms with Gasteiger partial charge in [0.25, 0.3) is 10.0 Å². The highest BCUT2D eigenvalue weighted by Crippen LogP contribution is 2.27. The first-order chi connectivity index (χ1) is 16.3. The molecule has 1 saturated heterocycles. The number of carbonyl (C=O) groups excluding carboxylic acids is 1. The summed E-state index contributed by atoms with van der Waals surface area (Å²) in [6, 6.07) is 20.1. The van der Waals surface area contributed by atoms with Gasteiger partial charge < -0.3 is 9.80 Å². The number of piperazine rings is 1. The van der Waals surface area contributed by atoms with Gasteiger partial charge in [-0.05, 0) is 61.9 Å². The maximum Gasteiger partial charge on any atom is 0.264 e. The van der Waals surface area contributed by atoms with E-state index in [0.717, 1.165) is 16.8 Å². The summed E-state index contributed by atoms with van der Waals surface area (Å²) in [6.45, 7) is 5.55.